The standard InChI is InChI=1S/C19H27N5O/c1-3-21-18(23-14-19(2)9-6-12-25-19)22-13-16-7-4-5-8-17(16)24-11-10-20-15-24/h4-5,7-8,10-11,15H,3,6,9,12-14H2,1-2H3,(H2,21,22,23). The van der Waals surface area contributed by atoms with E-state index >= 15 is 0 Å². The first kappa shape index (κ1) is 17.5. The molecule has 0 radical (unpaired) electrons. The summed E-state index contributed by atoms with van der Waals surface area (Å²) < 4.78 is 7.86. The third-order valence-electron chi connectivity index (χ3n) is 4.46. The number of benzene rings is 1. The minimum Gasteiger partial charge on any atom is -0.373 e. The molecule has 2 N–H and O–H groups in total. The van der Waals surface area contributed by atoms with Crippen LogP contribution < -0.4 is 10.6 Å². The van der Waals surface area contributed by atoms with Crippen LogP contribution in [0.15, 0.2) is 48.0 Å². The summed E-state index contributed by atoms with van der Waals surface area (Å²) in [6, 6.07) is 8.26. The summed E-state index contributed by atoms with van der Waals surface area (Å²) >= 11 is 0. The molecule has 1 unspecified atom stereocenters. The van der Waals surface area contributed by atoms with E-state index in [1.165, 1.54) is 0 Å². The Labute approximate surface area is 149 Å². The monoisotopic (exact) mass is 341 g/mol. The van der Waals surface area contributed by atoms with Crippen molar-refractivity contribution in [1.82, 2.24) is 20.2 Å². The van der Waals surface area contributed by atoms with Gasteiger partial charge in [-0.1, -0.05) is 18.2 Å². The lowest BCUT2D eigenvalue weighted by molar-refractivity contribution is 0.0243. The van der Waals surface area contributed by atoms with Crippen molar-refractivity contribution in [2.75, 3.05) is 19.7 Å². The van der Waals surface area contributed by atoms with Gasteiger partial charge in [0.2, 0.25) is 0 Å². The van der Waals surface area contributed by atoms with Crippen molar-refractivity contribution < 1.29 is 4.74 Å². The molecule has 6 nitrogen and oxygen atoms in total. The zero-order valence-electron chi connectivity index (χ0n) is 15.0. The number of aromatic nitrogens is 2. The molecule has 1 aromatic heterocycles. The molecule has 1 fully saturated rings. The normalized spacial score (nSPS) is 20.6. The van der Waals surface area contributed by atoms with Gasteiger partial charge in [0.25, 0.3) is 0 Å². The Morgan fingerprint density at radius 2 is 2.24 bits per heavy atom. The molecular formula is C19H27N5O. The molecule has 1 aliphatic rings. The van der Waals surface area contributed by atoms with Gasteiger partial charge < -0.3 is 19.9 Å². The third kappa shape index (κ3) is 4.60. The van der Waals surface area contributed by atoms with E-state index in [2.05, 4.69) is 41.6 Å². The fourth-order valence-electron chi connectivity index (χ4n) is 3.05. The predicted octanol–water partition coefficient (Wildman–Crippen LogP) is 2.50. The Bertz CT molecular complexity index is 690. The second kappa shape index (κ2) is 8.16. The van der Waals surface area contributed by atoms with Crippen molar-refractivity contribution in [3.63, 3.8) is 0 Å². The quantitative estimate of drug-likeness (QED) is 0.626. The molecule has 25 heavy (non-hydrogen) atoms. The topological polar surface area (TPSA) is 63.5 Å². The Hall–Kier alpha value is -2.34. The summed E-state index contributed by atoms with van der Waals surface area (Å²) in [7, 11) is 0. The van der Waals surface area contributed by atoms with E-state index in [0.717, 1.165) is 49.7 Å². The van der Waals surface area contributed by atoms with E-state index in [9.17, 15) is 0 Å². The van der Waals surface area contributed by atoms with E-state index < -0.39 is 0 Å². The maximum atomic E-state index is 5.84. The summed E-state index contributed by atoms with van der Waals surface area (Å²) in [4.78, 5) is 8.89. The van der Waals surface area contributed by atoms with Crippen LogP contribution in [-0.4, -0.2) is 40.8 Å². The van der Waals surface area contributed by atoms with Crippen LogP contribution in [0.2, 0.25) is 0 Å². The number of rotatable bonds is 6. The predicted molar refractivity (Wildman–Crippen MR) is 100.0 cm³/mol. The van der Waals surface area contributed by atoms with Gasteiger partial charge in [-0.05, 0) is 38.3 Å². The van der Waals surface area contributed by atoms with Crippen LogP contribution in [-0.2, 0) is 11.3 Å². The molecule has 2 aromatic rings. The molecule has 134 valence electrons. The molecule has 1 aliphatic heterocycles. The van der Waals surface area contributed by atoms with Crippen LogP contribution in [0.4, 0.5) is 0 Å². The van der Waals surface area contributed by atoms with E-state index in [1.54, 1.807) is 6.20 Å². The maximum absolute atomic E-state index is 5.84. The Morgan fingerprint density at radius 3 is 2.96 bits per heavy atom. The van der Waals surface area contributed by atoms with Gasteiger partial charge in [0.1, 0.15) is 0 Å². The number of nitrogens with zero attached hydrogens (tertiary/aromatic N) is 3. The fraction of sp³-hybridized carbons (Fsp3) is 0.474. The molecule has 0 saturated carbocycles. The molecule has 1 atom stereocenters. The minimum absolute atomic E-state index is 0.0924. The highest BCUT2D eigenvalue weighted by Gasteiger charge is 2.29. The number of guanidine groups is 1. The largest absolute Gasteiger partial charge is 0.373 e. The van der Waals surface area contributed by atoms with Crippen molar-refractivity contribution in [2.24, 2.45) is 4.99 Å². The zero-order chi connectivity index (χ0) is 17.5. The van der Waals surface area contributed by atoms with Crippen molar-refractivity contribution in [3.05, 3.63) is 48.5 Å². The van der Waals surface area contributed by atoms with E-state index in [1.807, 2.05) is 29.2 Å². The first-order chi connectivity index (χ1) is 12.2. The molecule has 0 spiro atoms. The summed E-state index contributed by atoms with van der Waals surface area (Å²) in [5.41, 5.74) is 2.16. The number of hydrogen-bond acceptors (Lipinski definition) is 3. The molecule has 2 heterocycles. The average Bonchev–Trinajstić information content (AvgIpc) is 3.30. The second-order valence-electron chi connectivity index (χ2n) is 6.55. The zero-order valence-corrected chi connectivity index (χ0v) is 15.0. The Balaban J connectivity index is 1.69. The fourth-order valence-corrected chi connectivity index (χ4v) is 3.05. The first-order valence-electron chi connectivity index (χ1n) is 8.92. The highest BCUT2D eigenvalue weighted by Crippen LogP contribution is 2.23. The maximum Gasteiger partial charge on any atom is 0.191 e. The molecule has 1 aromatic carbocycles. The van der Waals surface area contributed by atoms with Gasteiger partial charge in [-0.25, -0.2) is 9.98 Å². The van der Waals surface area contributed by atoms with E-state index in [-0.39, 0.29) is 5.60 Å². The van der Waals surface area contributed by atoms with Crippen molar-refractivity contribution >= 4 is 5.96 Å². The van der Waals surface area contributed by atoms with Crippen LogP contribution in [0.5, 0.6) is 0 Å². The summed E-state index contributed by atoms with van der Waals surface area (Å²) in [5.74, 6) is 0.819. The van der Waals surface area contributed by atoms with Crippen molar-refractivity contribution in [1.29, 1.82) is 0 Å². The summed E-state index contributed by atoms with van der Waals surface area (Å²) in [6.45, 7) is 7.27. The van der Waals surface area contributed by atoms with E-state index in [0.29, 0.717) is 6.54 Å². The van der Waals surface area contributed by atoms with Crippen LogP contribution in [0.1, 0.15) is 32.3 Å². The number of aliphatic imine (C=N–C) groups is 1. The molecule has 3 rings (SSSR count). The van der Waals surface area contributed by atoms with Crippen LogP contribution in [0, 0.1) is 0 Å². The number of nitrogens with one attached hydrogen (secondary N) is 2. The van der Waals surface area contributed by atoms with Gasteiger partial charge in [0.15, 0.2) is 5.96 Å². The summed E-state index contributed by atoms with van der Waals surface area (Å²) in [5, 5.41) is 6.73. The Morgan fingerprint density at radius 1 is 1.36 bits per heavy atom. The molecule has 0 amide bonds. The molecule has 0 bridgehead atoms. The number of para-hydroxylation sites is 1. The lowest BCUT2D eigenvalue weighted by atomic mass is 10.0. The highest BCUT2D eigenvalue weighted by atomic mass is 16.5. The van der Waals surface area contributed by atoms with E-state index in [4.69, 9.17) is 9.73 Å². The van der Waals surface area contributed by atoms with Gasteiger partial charge in [0.05, 0.1) is 24.2 Å². The molecule has 1 saturated heterocycles. The molecular weight excluding hydrogens is 314 g/mol. The number of imidazole rings is 1. The smallest absolute Gasteiger partial charge is 0.191 e. The third-order valence-corrected chi connectivity index (χ3v) is 4.46. The second-order valence-corrected chi connectivity index (χ2v) is 6.55. The number of ether oxygens (including phenoxy) is 1. The van der Waals surface area contributed by atoms with Gasteiger partial charge in [-0.3, -0.25) is 0 Å². The van der Waals surface area contributed by atoms with Crippen molar-refractivity contribution in [2.45, 2.75) is 38.8 Å². The average molecular weight is 341 g/mol. The van der Waals surface area contributed by atoms with Gasteiger partial charge in [-0.2, -0.15) is 0 Å². The van der Waals surface area contributed by atoms with Gasteiger partial charge >= 0.3 is 0 Å². The van der Waals surface area contributed by atoms with Crippen molar-refractivity contribution in [3.8, 4) is 5.69 Å². The molecule has 6 heteroatoms. The van der Waals surface area contributed by atoms with Gasteiger partial charge in [-0.15, -0.1) is 0 Å². The number of hydrogen-bond donors (Lipinski definition) is 2. The van der Waals surface area contributed by atoms with Crippen LogP contribution >= 0.6 is 0 Å². The minimum atomic E-state index is -0.0924. The van der Waals surface area contributed by atoms with Crippen LogP contribution in [0.3, 0.4) is 0 Å². The molecule has 0 aliphatic carbocycles. The lowest BCUT2D eigenvalue weighted by Crippen LogP contribution is -2.45. The summed E-state index contributed by atoms with van der Waals surface area (Å²) in [6.07, 6.45) is 7.76. The van der Waals surface area contributed by atoms with Gasteiger partial charge in [0, 0.05) is 32.1 Å². The Kier molecular flexibility index (Phi) is 5.71. The highest BCUT2D eigenvalue weighted by molar-refractivity contribution is 5.79. The van der Waals surface area contributed by atoms with Crippen LogP contribution in [0.25, 0.3) is 5.69 Å². The SMILES string of the molecule is CCNC(=NCc1ccccc1-n1ccnc1)NCC1(C)CCCO1. The lowest BCUT2D eigenvalue weighted by Gasteiger charge is -2.24. The first-order valence-corrected chi connectivity index (χ1v) is 8.92.